The van der Waals surface area contributed by atoms with Crippen molar-refractivity contribution in [2.75, 3.05) is 32.1 Å². The first-order chi connectivity index (χ1) is 14.4. The molecule has 2 heterocycles. The summed E-state index contributed by atoms with van der Waals surface area (Å²) in [4.78, 5) is 17.0. The van der Waals surface area contributed by atoms with E-state index in [4.69, 9.17) is 0 Å². The summed E-state index contributed by atoms with van der Waals surface area (Å²) >= 11 is 0. The first kappa shape index (κ1) is 21.1. The minimum absolute atomic E-state index is 0.131. The summed E-state index contributed by atoms with van der Waals surface area (Å²) in [7, 11) is 4.17. The highest BCUT2D eigenvalue weighted by Gasteiger charge is 2.43. The second-order valence-corrected chi connectivity index (χ2v) is 9.29. The zero-order valence-corrected chi connectivity index (χ0v) is 17.9. The Labute approximate surface area is 178 Å². The average molecular weight is 414 g/mol. The number of nitrogens with zero attached hydrogens (tertiary/aromatic N) is 3. The molecule has 2 bridgehead atoms. The lowest BCUT2D eigenvalue weighted by Crippen LogP contribution is -2.50. The molecule has 5 unspecified atom stereocenters. The smallest absolute Gasteiger partial charge is 0.238 e. The number of nitrogens with one attached hydrogen (secondary N) is 2. The fourth-order valence-corrected chi connectivity index (χ4v) is 5.27. The van der Waals surface area contributed by atoms with Crippen LogP contribution in [0.15, 0.2) is 18.2 Å². The molecule has 6 nitrogen and oxygen atoms in total. The van der Waals surface area contributed by atoms with Crippen LogP contribution in [0.4, 0.5) is 10.1 Å². The van der Waals surface area contributed by atoms with Crippen molar-refractivity contribution in [3.8, 4) is 6.07 Å². The number of benzene rings is 1. The van der Waals surface area contributed by atoms with Crippen molar-refractivity contribution in [2.45, 2.75) is 62.7 Å². The molecule has 2 saturated heterocycles. The Morgan fingerprint density at radius 3 is 2.87 bits per heavy atom. The maximum atomic E-state index is 14.8. The highest BCUT2D eigenvalue weighted by atomic mass is 19.1. The number of amides is 1. The quantitative estimate of drug-likeness (QED) is 0.747. The lowest BCUT2D eigenvalue weighted by atomic mass is 9.98. The van der Waals surface area contributed by atoms with Gasteiger partial charge in [-0.2, -0.15) is 5.26 Å². The molecule has 1 aromatic rings. The van der Waals surface area contributed by atoms with Crippen molar-refractivity contribution in [1.82, 2.24) is 15.5 Å². The number of hydrogen-bond donors (Lipinski definition) is 2. The normalized spacial score (nSPS) is 29.1. The van der Waals surface area contributed by atoms with E-state index in [2.05, 4.69) is 40.6 Å². The molecule has 3 aliphatic rings. The first-order valence-electron chi connectivity index (χ1n) is 11.1. The molecule has 0 spiro atoms. The van der Waals surface area contributed by atoms with Crippen LogP contribution in [0.5, 0.6) is 0 Å². The second-order valence-electron chi connectivity index (χ2n) is 9.29. The largest absolute Gasteiger partial charge is 0.370 e. The summed E-state index contributed by atoms with van der Waals surface area (Å²) in [6.45, 7) is 1.82. The predicted molar refractivity (Wildman–Crippen MR) is 115 cm³/mol. The van der Waals surface area contributed by atoms with E-state index in [9.17, 15) is 14.4 Å². The van der Waals surface area contributed by atoms with E-state index < -0.39 is 6.04 Å². The Kier molecular flexibility index (Phi) is 6.26. The Morgan fingerprint density at radius 1 is 1.40 bits per heavy atom. The summed E-state index contributed by atoms with van der Waals surface area (Å²) < 4.78 is 14.8. The van der Waals surface area contributed by atoms with Crippen LogP contribution >= 0.6 is 0 Å². The molecule has 2 aliphatic heterocycles. The van der Waals surface area contributed by atoms with Crippen LogP contribution in [0.2, 0.25) is 0 Å². The van der Waals surface area contributed by atoms with Gasteiger partial charge in [-0.05, 0) is 69.8 Å². The Balaban J connectivity index is 1.37. The maximum Gasteiger partial charge on any atom is 0.238 e. The van der Waals surface area contributed by atoms with E-state index in [0.717, 1.165) is 50.9 Å². The predicted octanol–water partition coefficient (Wildman–Crippen LogP) is 2.05. The van der Waals surface area contributed by atoms with Gasteiger partial charge in [-0.25, -0.2) is 4.39 Å². The minimum Gasteiger partial charge on any atom is -0.370 e. The van der Waals surface area contributed by atoms with E-state index >= 15 is 0 Å². The third-order valence-corrected chi connectivity index (χ3v) is 7.07. The molecular weight excluding hydrogens is 381 g/mol. The molecule has 7 heteroatoms. The van der Waals surface area contributed by atoms with E-state index in [1.165, 1.54) is 0 Å². The molecule has 0 aromatic heterocycles. The highest BCUT2D eigenvalue weighted by Crippen LogP contribution is 2.35. The van der Waals surface area contributed by atoms with Crippen LogP contribution in [-0.2, 0) is 11.2 Å². The zero-order chi connectivity index (χ0) is 21.3. The summed E-state index contributed by atoms with van der Waals surface area (Å²) in [6, 6.07) is 7.35. The minimum atomic E-state index is -0.730. The lowest BCUT2D eigenvalue weighted by Gasteiger charge is -2.37. The molecule has 3 fully saturated rings. The van der Waals surface area contributed by atoms with Gasteiger partial charge in [-0.15, -0.1) is 0 Å². The molecule has 5 atom stereocenters. The van der Waals surface area contributed by atoms with Gasteiger partial charge in [-0.1, -0.05) is 6.07 Å². The summed E-state index contributed by atoms with van der Waals surface area (Å²) in [5.41, 5.74) is 1.35. The van der Waals surface area contributed by atoms with Gasteiger partial charge in [0.1, 0.15) is 11.9 Å². The average Bonchev–Trinajstić information content (AvgIpc) is 3.38. The fraction of sp³-hybridized carbons (Fsp3) is 0.652. The molecule has 1 aromatic carbocycles. The van der Waals surface area contributed by atoms with Gasteiger partial charge in [0.2, 0.25) is 5.91 Å². The van der Waals surface area contributed by atoms with Gasteiger partial charge in [0, 0.05) is 37.3 Å². The van der Waals surface area contributed by atoms with Crippen LogP contribution in [0, 0.1) is 23.1 Å². The van der Waals surface area contributed by atoms with E-state index in [1.807, 2.05) is 6.07 Å². The van der Waals surface area contributed by atoms with Crippen LogP contribution in [0.25, 0.3) is 0 Å². The summed E-state index contributed by atoms with van der Waals surface area (Å²) in [5, 5.41) is 15.7. The number of piperidine rings is 2. The molecular formula is C23H32FN5O. The molecule has 2 N–H and O–H groups in total. The van der Waals surface area contributed by atoms with E-state index in [0.29, 0.717) is 23.6 Å². The van der Waals surface area contributed by atoms with Crippen molar-refractivity contribution in [3.05, 3.63) is 29.6 Å². The number of carbonyl (C=O) groups excluding carboxylic acids is 1. The van der Waals surface area contributed by atoms with Gasteiger partial charge in [-0.3, -0.25) is 4.79 Å². The van der Waals surface area contributed by atoms with Gasteiger partial charge in [0.25, 0.3) is 0 Å². The van der Waals surface area contributed by atoms with Crippen molar-refractivity contribution in [2.24, 2.45) is 5.92 Å². The maximum absolute atomic E-state index is 14.8. The number of rotatable bonds is 6. The Morgan fingerprint density at radius 2 is 2.23 bits per heavy atom. The van der Waals surface area contributed by atoms with E-state index in [-0.39, 0.29) is 24.2 Å². The molecule has 1 amide bonds. The number of nitriles is 1. The number of carbonyl (C=O) groups is 1. The molecule has 1 saturated carbocycles. The molecule has 30 heavy (non-hydrogen) atoms. The van der Waals surface area contributed by atoms with Crippen LogP contribution in [-0.4, -0.2) is 62.2 Å². The zero-order valence-electron chi connectivity index (χ0n) is 17.9. The monoisotopic (exact) mass is 413 g/mol. The number of anilines is 1. The van der Waals surface area contributed by atoms with Gasteiger partial charge in [0.15, 0.2) is 0 Å². The fourth-order valence-electron chi connectivity index (χ4n) is 5.27. The Hall–Kier alpha value is -2.17. The highest BCUT2D eigenvalue weighted by molar-refractivity contribution is 5.83. The number of likely N-dealkylation sites (N-methyl/N-ethyl adjacent to an activating group) is 1. The van der Waals surface area contributed by atoms with Crippen molar-refractivity contribution < 1.29 is 9.18 Å². The van der Waals surface area contributed by atoms with Crippen molar-refractivity contribution in [1.29, 1.82) is 5.26 Å². The first-order valence-corrected chi connectivity index (χ1v) is 11.1. The summed E-state index contributed by atoms with van der Waals surface area (Å²) in [5.74, 6) is -0.0817. The lowest BCUT2D eigenvalue weighted by molar-refractivity contribution is -0.124. The van der Waals surface area contributed by atoms with E-state index in [1.54, 1.807) is 12.1 Å². The molecule has 1 aliphatic carbocycles. The number of fused-ring (bicyclic) bond motifs is 2. The third-order valence-electron chi connectivity index (χ3n) is 7.07. The standard InChI is InChI=1S/C23H32FN5O/c1-28(2)20-4-3-9-29(14-20)19-8-6-15(21(24)12-19)10-18(13-25)27-23(30)22-16-5-7-17(11-16)26-22/h6,8,12,16-18,20,22,26H,3-5,7,9-11,14H2,1-2H3,(H,27,30). The molecule has 162 valence electrons. The van der Waals surface area contributed by atoms with Gasteiger partial charge < -0.3 is 20.4 Å². The number of halogens is 1. The second kappa shape index (κ2) is 8.91. The van der Waals surface area contributed by atoms with Crippen LogP contribution in [0.3, 0.4) is 0 Å². The van der Waals surface area contributed by atoms with Crippen molar-refractivity contribution in [3.63, 3.8) is 0 Å². The Bertz CT molecular complexity index is 822. The SMILES string of the molecule is CN(C)C1CCCN(c2ccc(CC(C#N)NC(=O)C3NC4CCC3C4)c(F)c2)C1. The van der Waals surface area contributed by atoms with Crippen molar-refractivity contribution >= 4 is 11.6 Å². The molecule has 0 radical (unpaired) electrons. The third kappa shape index (κ3) is 4.45. The number of hydrogen-bond acceptors (Lipinski definition) is 5. The molecule has 4 rings (SSSR count). The van der Waals surface area contributed by atoms with Crippen LogP contribution in [0.1, 0.15) is 37.7 Å². The topological polar surface area (TPSA) is 71.4 Å². The van der Waals surface area contributed by atoms with Gasteiger partial charge in [0.05, 0.1) is 12.1 Å². The van der Waals surface area contributed by atoms with Crippen LogP contribution < -0.4 is 15.5 Å². The van der Waals surface area contributed by atoms with Gasteiger partial charge >= 0.3 is 0 Å². The summed E-state index contributed by atoms with van der Waals surface area (Å²) in [6.07, 6.45) is 5.65.